The molecule has 0 radical (unpaired) electrons. The zero-order valence-corrected chi connectivity index (χ0v) is 13.2. The summed E-state index contributed by atoms with van der Waals surface area (Å²) in [5, 5.41) is 2.72. The van der Waals surface area contributed by atoms with Crippen LogP contribution in [-0.4, -0.2) is 0 Å². The van der Waals surface area contributed by atoms with Crippen molar-refractivity contribution in [3.8, 4) is 11.1 Å². The predicted octanol–water partition coefficient (Wildman–Crippen LogP) is 6.75. The van der Waals surface area contributed by atoms with Crippen LogP contribution in [0.2, 0.25) is 0 Å². The van der Waals surface area contributed by atoms with Gasteiger partial charge in [0, 0.05) is 20.2 Å². The normalized spacial score (nSPS) is 10.4. The van der Waals surface area contributed by atoms with Crippen LogP contribution in [0.4, 0.5) is 0 Å². The lowest BCUT2D eigenvalue weighted by Crippen LogP contribution is -1.76. The quantitative estimate of drug-likeness (QED) is 0.364. The van der Waals surface area contributed by atoms with Gasteiger partial charge in [-0.05, 0) is 17.2 Å². The van der Waals surface area contributed by atoms with Gasteiger partial charge in [-0.15, -0.1) is 11.3 Å². The van der Waals surface area contributed by atoms with E-state index in [1.165, 1.54) is 31.3 Å². The third-order valence-corrected chi connectivity index (χ3v) is 4.71. The maximum absolute atomic E-state index is 2.22. The third-order valence-electron chi connectivity index (χ3n) is 3.49. The molecule has 0 saturated carbocycles. The molecule has 0 saturated heterocycles. The van der Waals surface area contributed by atoms with Crippen LogP contribution in [0.3, 0.4) is 0 Å². The zero-order valence-electron chi connectivity index (χ0n) is 12.3. The van der Waals surface area contributed by atoms with Gasteiger partial charge in [0.05, 0.1) is 0 Å². The fourth-order valence-corrected chi connectivity index (χ4v) is 3.83. The van der Waals surface area contributed by atoms with E-state index in [1.54, 1.807) is 0 Å². The smallest absolute Gasteiger partial charge is 0.0433 e. The lowest BCUT2D eigenvalue weighted by Gasteiger charge is -2.02. The molecule has 0 spiro atoms. The van der Waals surface area contributed by atoms with Gasteiger partial charge in [0.15, 0.2) is 0 Å². The molecule has 21 heavy (non-hydrogen) atoms. The number of fused-ring (bicyclic) bond motifs is 3. The number of hydrogen-bond donors (Lipinski definition) is 0. The van der Waals surface area contributed by atoms with Gasteiger partial charge in [-0.2, -0.15) is 0 Å². The minimum Gasteiger partial charge on any atom is -0.135 e. The average molecular weight is 290 g/mol. The van der Waals surface area contributed by atoms with Gasteiger partial charge < -0.3 is 0 Å². The predicted molar refractivity (Wildman–Crippen MR) is 96.1 cm³/mol. The summed E-state index contributed by atoms with van der Waals surface area (Å²) in [7, 11) is 0. The molecule has 1 heteroatoms. The van der Waals surface area contributed by atoms with Crippen molar-refractivity contribution in [1.29, 1.82) is 0 Å². The van der Waals surface area contributed by atoms with E-state index in [-0.39, 0.29) is 0 Å². The topological polar surface area (TPSA) is 0 Å². The first-order chi connectivity index (χ1) is 10.4. The Morgan fingerprint density at radius 2 is 1.29 bits per heavy atom. The Morgan fingerprint density at radius 1 is 0.619 bits per heavy atom. The molecule has 1 heterocycles. The first kappa shape index (κ1) is 13.8. The molecule has 0 atom stereocenters. The number of rotatable bonds is 1. The Hall–Kier alpha value is -2.12. The minimum absolute atomic E-state index is 1.29. The number of thiophene rings is 1. The number of hydrogen-bond acceptors (Lipinski definition) is 1. The van der Waals surface area contributed by atoms with Gasteiger partial charge >= 0.3 is 0 Å². The van der Waals surface area contributed by atoms with Crippen LogP contribution in [0.1, 0.15) is 13.8 Å². The highest BCUT2D eigenvalue weighted by Crippen LogP contribution is 2.39. The van der Waals surface area contributed by atoms with Crippen LogP contribution in [0.15, 0.2) is 72.8 Å². The van der Waals surface area contributed by atoms with Gasteiger partial charge in [-0.1, -0.05) is 80.6 Å². The second kappa shape index (κ2) is 6.11. The van der Waals surface area contributed by atoms with Gasteiger partial charge in [-0.3, -0.25) is 0 Å². The van der Waals surface area contributed by atoms with E-state index in [9.17, 15) is 0 Å². The fraction of sp³-hybridized carbons (Fsp3) is 0.100. The highest BCUT2D eigenvalue weighted by Gasteiger charge is 2.08. The van der Waals surface area contributed by atoms with Crippen LogP contribution in [0, 0.1) is 0 Å². The van der Waals surface area contributed by atoms with Gasteiger partial charge in [-0.25, -0.2) is 0 Å². The second-order valence-electron chi connectivity index (χ2n) is 4.65. The first-order valence-electron chi connectivity index (χ1n) is 7.39. The molecule has 0 fully saturated rings. The maximum atomic E-state index is 2.22. The lowest BCUT2D eigenvalue weighted by molar-refractivity contribution is 1.50. The fourth-order valence-electron chi connectivity index (χ4n) is 2.59. The Labute approximate surface area is 129 Å². The lowest BCUT2D eigenvalue weighted by atomic mass is 10.0. The minimum atomic E-state index is 1.29. The Kier molecular flexibility index (Phi) is 4.03. The molecule has 0 aliphatic rings. The van der Waals surface area contributed by atoms with Crippen molar-refractivity contribution in [3.05, 3.63) is 72.8 Å². The molecule has 1 aromatic heterocycles. The average Bonchev–Trinajstić information content (AvgIpc) is 2.96. The van der Waals surface area contributed by atoms with Gasteiger partial charge in [0.2, 0.25) is 0 Å². The van der Waals surface area contributed by atoms with Crippen LogP contribution in [0.5, 0.6) is 0 Å². The molecule has 0 nitrogen and oxygen atoms in total. The van der Waals surface area contributed by atoms with E-state index in [4.69, 9.17) is 0 Å². The molecule has 0 amide bonds. The van der Waals surface area contributed by atoms with E-state index in [2.05, 4.69) is 72.8 Å². The molecule has 104 valence electrons. The molecule has 0 N–H and O–H groups in total. The second-order valence-corrected chi connectivity index (χ2v) is 5.70. The third kappa shape index (κ3) is 2.45. The summed E-state index contributed by atoms with van der Waals surface area (Å²) < 4.78 is 2.75. The molecule has 0 aliphatic heterocycles. The molecular formula is C20H18S. The van der Waals surface area contributed by atoms with Crippen molar-refractivity contribution >= 4 is 31.5 Å². The SMILES string of the molecule is CC.c1ccc(-c2cccc3c2sc2ccccc23)cc1. The summed E-state index contributed by atoms with van der Waals surface area (Å²) in [6.45, 7) is 4.00. The molecule has 4 rings (SSSR count). The summed E-state index contributed by atoms with van der Waals surface area (Å²) in [6, 6.07) is 25.9. The molecule has 4 aromatic rings. The van der Waals surface area contributed by atoms with Crippen LogP contribution in [0.25, 0.3) is 31.3 Å². The van der Waals surface area contributed by atoms with Crippen molar-refractivity contribution in [2.75, 3.05) is 0 Å². The van der Waals surface area contributed by atoms with Crippen molar-refractivity contribution in [2.45, 2.75) is 13.8 Å². The molecule has 3 aromatic carbocycles. The van der Waals surface area contributed by atoms with Crippen molar-refractivity contribution in [2.24, 2.45) is 0 Å². The summed E-state index contributed by atoms with van der Waals surface area (Å²) in [5.74, 6) is 0. The van der Waals surface area contributed by atoms with Gasteiger partial charge in [0.1, 0.15) is 0 Å². The van der Waals surface area contributed by atoms with E-state index in [1.807, 2.05) is 25.2 Å². The monoisotopic (exact) mass is 290 g/mol. The Balaban J connectivity index is 0.000000636. The number of benzene rings is 3. The van der Waals surface area contributed by atoms with E-state index in [0.717, 1.165) is 0 Å². The Bertz CT molecular complexity index is 857. The highest BCUT2D eigenvalue weighted by atomic mass is 32.1. The van der Waals surface area contributed by atoms with Gasteiger partial charge in [0.25, 0.3) is 0 Å². The van der Waals surface area contributed by atoms with E-state index in [0.29, 0.717) is 0 Å². The maximum Gasteiger partial charge on any atom is 0.0433 e. The largest absolute Gasteiger partial charge is 0.135 e. The van der Waals surface area contributed by atoms with Crippen molar-refractivity contribution in [1.82, 2.24) is 0 Å². The van der Waals surface area contributed by atoms with Crippen molar-refractivity contribution in [3.63, 3.8) is 0 Å². The summed E-state index contributed by atoms with van der Waals surface area (Å²) >= 11 is 1.88. The Morgan fingerprint density at radius 3 is 2.10 bits per heavy atom. The highest BCUT2D eigenvalue weighted by molar-refractivity contribution is 7.26. The standard InChI is InChI=1S/C18H12S.C2H6/c1-2-7-13(8-3-1)14-10-6-11-16-15-9-4-5-12-17(15)19-18(14)16;1-2/h1-12H;1-2H3. The molecule has 0 aliphatic carbocycles. The van der Waals surface area contributed by atoms with Crippen LogP contribution >= 0.6 is 11.3 Å². The van der Waals surface area contributed by atoms with Crippen molar-refractivity contribution < 1.29 is 0 Å². The van der Waals surface area contributed by atoms with Crippen LogP contribution in [-0.2, 0) is 0 Å². The van der Waals surface area contributed by atoms with Crippen LogP contribution < -0.4 is 0 Å². The first-order valence-corrected chi connectivity index (χ1v) is 8.21. The molecule has 0 unspecified atom stereocenters. The van der Waals surface area contributed by atoms with E-state index < -0.39 is 0 Å². The summed E-state index contributed by atoms with van der Waals surface area (Å²) in [6.07, 6.45) is 0. The molecule has 0 bridgehead atoms. The summed E-state index contributed by atoms with van der Waals surface area (Å²) in [5.41, 5.74) is 2.62. The van der Waals surface area contributed by atoms with E-state index >= 15 is 0 Å². The molecular weight excluding hydrogens is 272 g/mol. The summed E-state index contributed by atoms with van der Waals surface area (Å²) in [4.78, 5) is 0. The zero-order chi connectivity index (χ0) is 14.7.